The van der Waals surface area contributed by atoms with Crippen molar-refractivity contribution < 1.29 is 26.6 Å². The van der Waals surface area contributed by atoms with Crippen molar-refractivity contribution in [3.8, 4) is 0 Å². The fraction of sp³-hybridized carbons (Fsp3) is 0.462. The van der Waals surface area contributed by atoms with Crippen molar-refractivity contribution in [1.82, 2.24) is 0 Å². The minimum absolute atomic E-state index is 0.0978. The summed E-state index contributed by atoms with van der Waals surface area (Å²) in [5, 5.41) is 8.05. The van der Waals surface area contributed by atoms with Gasteiger partial charge < -0.3 is 20.2 Å². The Hall–Kier alpha value is -1.33. The molecular weight excluding hydrogens is 491 g/mol. The molecule has 182 valence electrons. The Bertz CT molecular complexity index is 681. The predicted octanol–water partition coefficient (Wildman–Crippen LogP) is 8.65. The summed E-state index contributed by atoms with van der Waals surface area (Å²) >= 11 is -0.556. The van der Waals surface area contributed by atoms with Crippen LogP contribution < -0.4 is 0 Å². The fourth-order valence-electron chi connectivity index (χ4n) is 2.70. The third-order valence-corrected chi connectivity index (χ3v) is 4.43. The van der Waals surface area contributed by atoms with Gasteiger partial charge in [-0.1, -0.05) is 114 Å². The summed E-state index contributed by atoms with van der Waals surface area (Å²) in [7, 11) is 9.78. The van der Waals surface area contributed by atoms with Crippen molar-refractivity contribution in [2.75, 3.05) is 13.1 Å². The molecule has 0 spiro atoms. The summed E-state index contributed by atoms with van der Waals surface area (Å²) < 4.78 is 0. The summed E-state index contributed by atoms with van der Waals surface area (Å²) in [6, 6.07) is 18.4. The van der Waals surface area contributed by atoms with Crippen LogP contribution in [0, 0.1) is 11.8 Å². The van der Waals surface area contributed by atoms with Crippen molar-refractivity contribution in [3.05, 3.63) is 82.4 Å². The maximum atomic E-state index is 11.5. The van der Waals surface area contributed by atoms with Gasteiger partial charge in [-0.2, -0.15) is 0 Å². The molecule has 0 aromatic heterocycles. The Labute approximate surface area is 216 Å². The minimum atomic E-state index is -0.556. The summed E-state index contributed by atoms with van der Waals surface area (Å²) in [6.45, 7) is 10.0. The molecule has 0 saturated heterocycles. The monoisotopic (exact) mass is 526 g/mol. The quantitative estimate of drug-likeness (QED) is 0.229. The van der Waals surface area contributed by atoms with E-state index in [9.17, 15) is 9.59 Å². The molecule has 0 unspecified atom stereocenters. The zero-order valence-electron chi connectivity index (χ0n) is 20.1. The van der Waals surface area contributed by atoms with Crippen LogP contribution in [0.4, 0.5) is 0 Å². The van der Waals surface area contributed by atoms with E-state index in [1.54, 1.807) is 24.3 Å². The third-order valence-electron chi connectivity index (χ3n) is 4.43. The summed E-state index contributed by atoms with van der Waals surface area (Å²) in [4.78, 5) is 23.0. The van der Waals surface area contributed by atoms with Crippen LogP contribution in [0.25, 0.3) is 10.6 Å². The van der Waals surface area contributed by atoms with Gasteiger partial charge in [0.2, 0.25) is 0 Å². The molecule has 0 N–H and O–H groups in total. The topological polar surface area (TPSA) is 62.3 Å². The molecule has 0 aliphatic rings. The summed E-state index contributed by atoms with van der Waals surface area (Å²) in [5.41, 5.74) is 1.36. The molecular formula is C26H36Cl2N2O2Ti-2. The van der Waals surface area contributed by atoms with Crippen LogP contribution in [-0.4, -0.2) is 24.9 Å². The molecule has 0 saturated carbocycles. The number of rotatable bonds is 10. The Kier molecular flexibility index (Phi) is 20.4. The maximum absolute atomic E-state index is 11.5. The van der Waals surface area contributed by atoms with E-state index >= 15 is 0 Å². The molecule has 0 heterocycles. The molecule has 0 fully saturated rings. The Morgan fingerprint density at radius 1 is 0.697 bits per heavy atom. The molecule has 0 aliphatic carbocycles. The molecule has 0 radical (unpaired) electrons. The Balaban J connectivity index is 0.000000555. The van der Waals surface area contributed by atoms with Gasteiger partial charge >= 0.3 is 35.6 Å². The second kappa shape index (κ2) is 21.2. The van der Waals surface area contributed by atoms with Crippen LogP contribution in [0.15, 0.2) is 60.7 Å². The first kappa shape index (κ1) is 31.7. The van der Waals surface area contributed by atoms with Gasteiger partial charge in [-0.15, -0.1) is 13.1 Å². The van der Waals surface area contributed by atoms with Gasteiger partial charge in [0.25, 0.3) is 0 Å². The van der Waals surface area contributed by atoms with Crippen molar-refractivity contribution >= 4 is 30.4 Å². The number of hydrogen-bond acceptors (Lipinski definition) is 2. The van der Waals surface area contributed by atoms with Gasteiger partial charge in [0.1, 0.15) is 0 Å². The predicted molar refractivity (Wildman–Crippen MR) is 138 cm³/mol. The van der Waals surface area contributed by atoms with Crippen LogP contribution in [0.5, 0.6) is 0 Å². The first-order chi connectivity index (χ1) is 15.8. The van der Waals surface area contributed by atoms with Crippen LogP contribution in [0.3, 0.4) is 0 Å². The number of nitrogens with zero attached hydrogens (tertiary/aromatic N) is 2. The third kappa shape index (κ3) is 18.8. The Morgan fingerprint density at radius 3 is 1.27 bits per heavy atom. The van der Waals surface area contributed by atoms with Gasteiger partial charge in [0.05, 0.1) is 11.8 Å². The average Bonchev–Trinajstić information content (AvgIpc) is 2.81. The average molecular weight is 527 g/mol. The molecule has 4 nitrogen and oxygen atoms in total. The number of amides is 2. The second-order valence-electron chi connectivity index (χ2n) is 8.25. The van der Waals surface area contributed by atoms with Crippen LogP contribution in [0.2, 0.25) is 0 Å². The van der Waals surface area contributed by atoms with Crippen LogP contribution in [-0.2, 0) is 17.0 Å². The van der Waals surface area contributed by atoms with Gasteiger partial charge in [-0.05, 0) is 23.0 Å². The zero-order valence-corrected chi connectivity index (χ0v) is 23.2. The number of carbonyl (C=O) groups excluding carboxylic acids is 2. The summed E-state index contributed by atoms with van der Waals surface area (Å²) in [5.74, 6) is 1.18. The number of carbonyl (C=O) groups is 2. The van der Waals surface area contributed by atoms with Gasteiger partial charge in [-0.3, -0.25) is 0 Å². The van der Waals surface area contributed by atoms with E-state index in [4.69, 9.17) is 18.6 Å². The van der Waals surface area contributed by atoms with Gasteiger partial charge in [0, 0.05) is 0 Å². The van der Waals surface area contributed by atoms with E-state index in [1.165, 1.54) is 0 Å². The molecule has 0 bridgehead atoms. The zero-order chi connectivity index (χ0) is 24.9. The second-order valence-corrected chi connectivity index (χ2v) is 10.8. The van der Waals surface area contributed by atoms with E-state index in [0.29, 0.717) is 36.1 Å². The fourth-order valence-corrected chi connectivity index (χ4v) is 2.70. The summed E-state index contributed by atoms with van der Waals surface area (Å²) in [6.07, 6.45) is 4.25. The first-order valence-electron chi connectivity index (χ1n) is 11.3. The molecule has 2 rings (SSSR count). The van der Waals surface area contributed by atoms with Crippen LogP contribution in [0.1, 0.15) is 74.1 Å². The van der Waals surface area contributed by atoms with Gasteiger partial charge in [0.15, 0.2) is 0 Å². The molecule has 7 heteroatoms. The van der Waals surface area contributed by atoms with E-state index < -0.39 is 17.0 Å². The first-order valence-corrected chi connectivity index (χ1v) is 15.6. The van der Waals surface area contributed by atoms with Gasteiger partial charge in [-0.25, -0.2) is 0 Å². The molecule has 0 atom stereocenters. The van der Waals surface area contributed by atoms with Crippen LogP contribution >= 0.6 is 18.6 Å². The number of halogens is 2. The van der Waals surface area contributed by atoms with Crippen molar-refractivity contribution in [2.24, 2.45) is 11.8 Å². The molecule has 0 aliphatic heterocycles. The van der Waals surface area contributed by atoms with E-state index in [0.717, 1.165) is 25.7 Å². The van der Waals surface area contributed by atoms with E-state index in [-0.39, 0.29) is 11.8 Å². The molecule has 2 aromatic carbocycles. The molecule has 33 heavy (non-hydrogen) atoms. The standard InChI is InChI=1S/2C13H19NO.2ClH.Ti/c2*1-11(2)7-6-10-14-13(15)12-8-4-3-5-9-12;;;/h2*3-5,8-9,11H,6-7,10H2,1-2H3,(H,14,15);2*1H;/q;;;;+2/p-4. The van der Waals surface area contributed by atoms with Crippen molar-refractivity contribution in [1.29, 1.82) is 0 Å². The van der Waals surface area contributed by atoms with Crippen molar-refractivity contribution in [3.63, 3.8) is 0 Å². The SMILES string of the molecule is CC(C)CCC[N-]C(=O)c1ccccc1.CC(C)CCC[N-]C(=O)c1ccccc1.[Cl][Ti][Cl]. The Morgan fingerprint density at radius 2 is 1.00 bits per heavy atom. The van der Waals surface area contributed by atoms with Crippen molar-refractivity contribution in [2.45, 2.75) is 53.4 Å². The number of benzene rings is 2. The normalized spacial score (nSPS) is 9.82. The molecule has 2 aromatic rings. The number of hydrogen-bond donors (Lipinski definition) is 0. The van der Waals surface area contributed by atoms with E-state index in [2.05, 4.69) is 38.3 Å². The van der Waals surface area contributed by atoms with E-state index in [1.807, 2.05) is 36.4 Å². The molecule has 2 amide bonds.